The molecule has 0 aliphatic carbocycles. The topological polar surface area (TPSA) is 155 Å². The maximum atomic E-state index is 12.9. The van der Waals surface area contributed by atoms with E-state index in [0.717, 1.165) is 31.5 Å². The molecule has 0 bridgehead atoms. The summed E-state index contributed by atoms with van der Waals surface area (Å²) in [6, 6.07) is 6.35. The van der Waals surface area contributed by atoms with Gasteiger partial charge in [0.1, 0.15) is 5.82 Å². The predicted octanol–water partition coefficient (Wildman–Crippen LogP) is 2.41. The van der Waals surface area contributed by atoms with Crippen molar-refractivity contribution in [3.8, 4) is 0 Å². The van der Waals surface area contributed by atoms with Crippen LogP contribution >= 0.6 is 11.3 Å². The number of halogens is 1. The number of carboxylic acid groups (broad SMARTS) is 2. The second-order valence-corrected chi connectivity index (χ2v) is 9.00. The van der Waals surface area contributed by atoms with Gasteiger partial charge in [0.2, 0.25) is 5.91 Å². The smallest absolute Gasteiger partial charge is 0.414 e. The first-order valence-electron chi connectivity index (χ1n) is 11.6. The number of nitrogens with one attached hydrogen (secondary N) is 1. The Kier molecular flexibility index (Phi) is 12.6. The van der Waals surface area contributed by atoms with Gasteiger partial charge in [-0.25, -0.2) is 19.0 Å². The lowest BCUT2D eigenvalue weighted by Crippen LogP contribution is -2.40. The molecule has 0 atom stereocenters. The Morgan fingerprint density at radius 3 is 2.38 bits per heavy atom. The van der Waals surface area contributed by atoms with E-state index in [2.05, 4.69) is 15.2 Å². The molecular weight excluding hydrogens is 509 g/mol. The Morgan fingerprint density at radius 2 is 1.78 bits per heavy atom. The van der Waals surface area contributed by atoms with Crippen LogP contribution in [0.15, 0.2) is 29.6 Å². The van der Waals surface area contributed by atoms with E-state index in [-0.39, 0.29) is 24.1 Å². The zero-order valence-corrected chi connectivity index (χ0v) is 21.2. The fourth-order valence-corrected chi connectivity index (χ4v) is 4.13. The van der Waals surface area contributed by atoms with Crippen molar-refractivity contribution in [2.24, 2.45) is 5.92 Å². The Hall–Kier alpha value is -3.42. The van der Waals surface area contributed by atoms with Crippen molar-refractivity contribution in [3.05, 3.63) is 46.7 Å². The molecular formula is C24H30FN3O8S. The van der Waals surface area contributed by atoms with Crippen LogP contribution in [-0.2, 0) is 41.7 Å². The van der Waals surface area contributed by atoms with Gasteiger partial charge in [-0.3, -0.25) is 14.5 Å². The molecule has 11 nitrogen and oxygen atoms in total. The summed E-state index contributed by atoms with van der Waals surface area (Å²) < 4.78 is 23.6. The predicted molar refractivity (Wildman–Crippen MR) is 132 cm³/mol. The minimum atomic E-state index is -1.82. The fourth-order valence-electron chi connectivity index (χ4n) is 3.40. The van der Waals surface area contributed by atoms with E-state index in [1.54, 1.807) is 24.4 Å². The van der Waals surface area contributed by atoms with Gasteiger partial charge in [-0.15, -0.1) is 11.3 Å². The number of anilines is 1. The highest BCUT2D eigenvalue weighted by Gasteiger charge is 2.21. The molecule has 1 aliphatic heterocycles. The van der Waals surface area contributed by atoms with Crippen LogP contribution in [0.3, 0.4) is 0 Å². The molecule has 3 N–H and O–H groups in total. The van der Waals surface area contributed by atoms with Crippen molar-refractivity contribution in [1.29, 1.82) is 0 Å². The average Bonchev–Trinajstić information content (AvgIpc) is 3.28. The number of amides is 1. The largest absolute Gasteiger partial charge is 0.473 e. The second kappa shape index (κ2) is 15.6. The number of aliphatic carboxylic acids is 2. The second-order valence-electron chi connectivity index (χ2n) is 8.15. The molecule has 2 aromatic rings. The number of benzene rings is 1. The van der Waals surface area contributed by atoms with Crippen molar-refractivity contribution in [2.75, 3.05) is 38.2 Å². The van der Waals surface area contributed by atoms with Gasteiger partial charge in [0.25, 0.3) is 0 Å². The number of carboxylic acids is 2. The lowest BCUT2D eigenvalue weighted by atomic mass is 9.98. The standard InChI is InChI=1S/C22H28FN3O4S.C2H2O4/c1-2-30-21(28)11-19-15-31-22(24-19)25-20(27)12-26-9-7-17(8-10-26)14-29-13-16-3-5-18(23)6-4-16;3-1(4)2(5)6/h3-6,15,17H,2,7-14H2,1H3,(H,24,25,27);(H,3,4)(H,5,6). The monoisotopic (exact) mass is 539 g/mol. The molecule has 1 aromatic carbocycles. The van der Waals surface area contributed by atoms with Gasteiger partial charge in [-0.2, -0.15) is 0 Å². The van der Waals surface area contributed by atoms with Crippen molar-refractivity contribution in [2.45, 2.75) is 32.8 Å². The molecule has 0 unspecified atom stereocenters. The first-order chi connectivity index (χ1) is 17.7. The van der Waals surface area contributed by atoms with Crippen LogP contribution in [0.25, 0.3) is 0 Å². The minimum Gasteiger partial charge on any atom is -0.473 e. The van der Waals surface area contributed by atoms with Crippen LogP contribution in [0, 0.1) is 11.7 Å². The summed E-state index contributed by atoms with van der Waals surface area (Å²) in [5.74, 6) is -3.86. The van der Waals surface area contributed by atoms with E-state index in [4.69, 9.17) is 29.3 Å². The molecule has 1 saturated heterocycles. The van der Waals surface area contributed by atoms with Gasteiger partial charge in [-0.05, 0) is 56.5 Å². The summed E-state index contributed by atoms with van der Waals surface area (Å²) in [5, 5.41) is 19.8. The highest BCUT2D eigenvalue weighted by molar-refractivity contribution is 7.13. The van der Waals surface area contributed by atoms with E-state index >= 15 is 0 Å². The van der Waals surface area contributed by atoms with Crippen LogP contribution in [0.2, 0.25) is 0 Å². The van der Waals surface area contributed by atoms with Gasteiger partial charge in [0, 0.05) is 12.0 Å². The summed E-state index contributed by atoms with van der Waals surface area (Å²) >= 11 is 1.30. The molecule has 0 spiro atoms. The Bertz CT molecular complexity index is 1030. The Balaban J connectivity index is 0.000000717. The first-order valence-corrected chi connectivity index (χ1v) is 12.4. The third-order valence-corrected chi connectivity index (χ3v) is 6.03. The normalized spacial score (nSPS) is 13.8. The van der Waals surface area contributed by atoms with E-state index < -0.39 is 11.9 Å². The van der Waals surface area contributed by atoms with Crippen LogP contribution in [0.4, 0.5) is 9.52 Å². The molecule has 202 valence electrons. The molecule has 3 rings (SSSR count). The zero-order chi connectivity index (χ0) is 27.2. The van der Waals surface area contributed by atoms with Gasteiger partial charge >= 0.3 is 17.9 Å². The molecule has 13 heteroatoms. The Morgan fingerprint density at radius 1 is 1.14 bits per heavy atom. The maximum absolute atomic E-state index is 12.9. The van der Waals surface area contributed by atoms with Crippen molar-refractivity contribution < 1.29 is 43.3 Å². The molecule has 0 radical (unpaired) electrons. The van der Waals surface area contributed by atoms with E-state index in [1.807, 2.05) is 0 Å². The number of esters is 1. The Labute approximate surface area is 217 Å². The average molecular weight is 540 g/mol. The summed E-state index contributed by atoms with van der Waals surface area (Å²) in [4.78, 5) is 48.4. The number of rotatable bonds is 10. The maximum Gasteiger partial charge on any atom is 0.414 e. The minimum absolute atomic E-state index is 0.108. The SMILES string of the molecule is CCOC(=O)Cc1csc(NC(=O)CN2CCC(COCc3ccc(F)cc3)CC2)n1.O=C(O)C(=O)O. The zero-order valence-electron chi connectivity index (χ0n) is 20.4. The number of likely N-dealkylation sites (tertiary alicyclic amines) is 1. The quantitative estimate of drug-likeness (QED) is 0.303. The highest BCUT2D eigenvalue weighted by atomic mass is 32.1. The molecule has 1 aliphatic rings. The first kappa shape index (κ1) is 29.8. The van der Waals surface area contributed by atoms with Crippen LogP contribution in [0.1, 0.15) is 31.0 Å². The van der Waals surface area contributed by atoms with Gasteiger partial charge in [0.15, 0.2) is 5.13 Å². The van der Waals surface area contributed by atoms with Gasteiger partial charge in [0.05, 0.1) is 31.9 Å². The summed E-state index contributed by atoms with van der Waals surface area (Å²) in [7, 11) is 0. The molecule has 2 heterocycles. The van der Waals surface area contributed by atoms with Crippen molar-refractivity contribution in [1.82, 2.24) is 9.88 Å². The number of hydrogen-bond donors (Lipinski definition) is 3. The van der Waals surface area contributed by atoms with Crippen LogP contribution < -0.4 is 5.32 Å². The number of ether oxygens (including phenoxy) is 2. The van der Waals surface area contributed by atoms with Gasteiger partial charge in [-0.1, -0.05) is 12.1 Å². The molecule has 1 fully saturated rings. The summed E-state index contributed by atoms with van der Waals surface area (Å²) in [5.41, 5.74) is 1.56. The lowest BCUT2D eigenvalue weighted by molar-refractivity contribution is -0.159. The number of aromatic nitrogens is 1. The lowest BCUT2D eigenvalue weighted by Gasteiger charge is -2.31. The number of hydrogen-bond acceptors (Lipinski definition) is 9. The van der Waals surface area contributed by atoms with Crippen LogP contribution in [-0.4, -0.2) is 76.8 Å². The number of thiazole rings is 1. The van der Waals surface area contributed by atoms with E-state index in [1.165, 1.54) is 23.5 Å². The van der Waals surface area contributed by atoms with Crippen molar-refractivity contribution in [3.63, 3.8) is 0 Å². The molecule has 1 aromatic heterocycles. The van der Waals surface area contributed by atoms with Gasteiger partial charge < -0.3 is 25.0 Å². The number of piperidine rings is 1. The number of carbonyl (C=O) groups excluding carboxylic acids is 2. The van der Waals surface area contributed by atoms with Crippen molar-refractivity contribution >= 4 is 40.3 Å². The highest BCUT2D eigenvalue weighted by Crippen LogP contribution is 2.19. The molecule has 37 heavy (non-hydrogen) atoms. The third-order valence-electron chi connectivity index (χ3n) is 5.22. The fraction of sp³-hybridized carbons (Fsp3) is 0.458. The summed E-state index contributed by atoms with van der Waals surface area (Å²) in [6.45, 7) is 5.23. The molecule has 0 saturated carbocycles. The van der Waals surface area contributed by atoms with E-state index in [9.17, 15) is 14.0 Å². The molecule has 1 amide bonds. The number of nitrogens with zero attached hydrogens (tertiary/aromatic N) is 2. The third kappa shape index (κ3) is 11.9. The number of carbonyl (C=O) groups is 4. The summed E-state index contributed by atoms with van der Waals surface area (Å²) in [6.07, 6.45) is 2.05. The van der Waals surface area contributed by atoms with E-state index in [0.29, 0.717) is 43.1 Å². The van der Waals surface area contributed by atoms with Crippen LogP contribution in [0.5, 0.6) is 0 Å².